The summed E-state index contributed by atoms with van der Waals surface area (Å²) >= 11 is 0. The maximum Gasteiger partial charge on any atom is 0.422 e. The fourth-order valence-electron chi connectivity index (χ4n) is 2.17. The largest absolute Gasteiger partial charge is 0.466 e. The van der Waals surface area contributed by atoms with E-state index >= 15 is 0 Å². The predicted molar refractivity (Wildman–Crippen MR) is 98.0 cm³/mol. The van der Waals surface area contributed by atoms with Gasteiger partial charge in [0.2, 0.25) is 11.8 Å². The SMILES string of the molecule is Cc1ccc(Nc2nccc(C(=O)Nc3cncnc3OCC(F)(F)F)n2)cc1. The fraction of sp³-hybridized carbons (Fsp3) is 0.167. The van der Waals surface area contributed by atoms with Gasteiger partial charge >= 0.3 is 6.18 Å². The Hall–Kier alpha value is -3.76. The third-order valence-corrected chi connectivity index (χ3v) is 3.49. The van der Waals surface area contributed by atoms with E-state index in [1.807, 2.05) is 31.2 Å². The second kappa shape index (κ2) is 8.50. The molecule has 1 amide bonds. The van der Waals surface area contributed by atoms with Gasteiger partial charge in [-0.1, -0.05) is 17.7 Å². The minimum atomic E-state index is -4.55. The molecule has 0 spiro atoms. The smallest absolute Gasteiger partial charge is 0.422 e. The van der Waals surface area contributed by atoms with E-state index in [1.54, 1.807) is 0 Å². The molecule has 11 heteroatoms. The first-order valence-electron chi connectivity index (χ1n) is 8.28. The number of amides is 1. The summed E-state index contributed by atoms with van der Waals surface area (Å²) in [6.45, 7) is 0.399. The van der Waals surface area contributed by atoms with Gasteiger partial charge in [0.05, 0.1) is 6.20 Å². The normalized spacial score (nSPS) is 11.0. The van der Waals surface area contributed by atoms with Crippen LogP contribution in [0, 0.1) is 6.92 Å². The van der Waals surface area contributed by atoms with Crippen LogP contribution in [0.3, 0.4) is 0 Å². The lowest BCUT2D eigenvalue weighted by atomic mass is 10.2. The average Bonchev–Trinajstić information content (AvgIpc) is 2.69. The number of halogens is 3. The van der Waals surface area contributed by atoms with E-state index in [0.29, 0.717) is 0 Å². The molecule has 0 fully saturated rings. The first kappa shape index (κ1) is 20.0. The van der Waals surface area contributed by atoms with Crippen molar-refractivity contribution in [3.63, 3.8) is 0 Å². The topological polar surface area (TPSA) is 102 Å². The second-order valence-corrected chi connectivity index (χ2v) is 5.86. The molecule has 2 N–H and O–H groups in total. The Morgan fingerprint density at radius 1 is 1.14 bits per heavy atom. The molecule has 0 aliphatic heterocycles. The van der Waals surface area contributed by atoms with Crippen molar-refractivity contribution in [3.8, 4) is 5.88 Å². The van der Waals surface area contributed by atoms with Crippen LogP contribution < -0.4 is 15.4 Å². The van der Waals surface area contributed by atoms with E-state index in [2.05, 4.69) is 35.3 Å². The van der Waals surface area contributed by atoms with Gasteiger partial charge in [-0.25, -0.2) is 15.0 Å². The van der Waals surface area contributed by atoms with Crippen molar-refractivity contribution < 1.29 is 22.7 Å². The number of ether oxygens (including phenoxy) is 1. The van der Waals surface area contributed by atoms with E-state index in [-0.39, 0.29) is 17.3 Å². The molecule has 3 aromatic rings. The van der Waals surface area contributed by atoms with Gasteiger partial charge < -0.3 is 15.4 Å². The minimum absolute atomic E-state index is 0.0137. The lowest BCUT2D eigenvalue weighted by Gasteiger charge is -2.12. The molecule has 0 atom stereocenters. The van der Waals surface area contributed by atoms with Gasteiger partial charge in [0, 0.05) is 11.9 Å². The van der Waals surface area contributed by atoms with Crippen molar-refractivity contribution in [2.75, 3.05) is 17.2 Å². The first-order valence-corrected chi connectivity index (χ1v) is 8.28. The summed E-state index contributed by atoms with van der Waals surface area (Å²) in [6.07, 6.45) is -1.03. The minimum Gasteiger partial charge on any atom is -0.466 e. The molecule has 0 aliphatic carbocycles. The number of aryl methyl sites for hydroxylation is 1. The summed E-state index contributed by atoms with van der Waals surface area (Å²) < 4.78 is 41.7. The maximum atomic E-state index is 12.5. The molecular weight excluding hydrogens is 389 g/mol. The highest BCUT2D eigenvalue weighted by Gasteiger charge is 2.29. The number of hydrogen-bond acceptors (Lipinski definition) is 7. The van der Waals surface area contributed by atoms with Crippen LogP contribution in [0.2, 0.25) is 0 Å². The predicted octanol–water partition coefficient (Wildman–Crippen LogP) is 3.51. The number of benzene rings is 1. The monoisotopic (exact) mass is 404 g/mol. The highest BCUT2D eigenvalue weighted by molar-refractivity contribution is 6.03. The Balaban J connectivity index is 1.72. The van der Waals surface area contributed by atoms with Crippen LogP contribution in [-0.2, 0) is 0 Å². The Labute approximate surface area is 163 Å². The number of anilines is 3. The molecular formula is C18H15F3N6O2. The van der Waals surface area contributed by atoms with Crippen LogP contribution in [0.1, 0.15) is 16.1 Å². The van der Waals surface area contributed by atoms with E-state index < -0.39 is 24.6 Å². The number of aromatic nitrogens is 4. The fourth-order valence-corrected chi connectivity index (χ4v) is 2.17. The molecule has 0 aliphatic rings. The van der Waals surface area contributed by atoms with E-state index in [9.17, 15) is 18.0 Å². The number of hydrogen-bond donors (Lipinski definition) is 2. The Bertz CT molecular complexity index is 995. The Kier molecular flexibility index (Phi) is 5.86. The molecule has 2 aromatic heterocycles. The Morgan fingerprint density at radius 2 is 1.90 bits per heavy atom. The molecule has 3 rings (SSSR count). The van der Waals surface area contributed by atoms with Crippen molar-refractivity contribution in [1.29, 1.82) is 0 Å². The highest BCUT2D eigenvalue weighted by Crippen LogP contribution is 2.23. The molecule has 0 bridgehead atoms. The summed E-state index contributed by atoms with van der Waals surface area (Å²) in [5, 5.41) is 5.35. The van der Waals surface area contributed by atoms with Crippen LogP contribution in [0.4, 0.5) is 30.5 Å². The van der Waals surface area contributed by atoms with Crippen molar-refractivity contribution in [2.45, 2.75) is 13.1 Å². The first-order chi connectivity index (χ1) is 13.8. The highest BCUT2D eigenvalue weighted by atomic mass is 19.4. The molecule has 2 heterocycles. The third-order valence-electron chi connectivity index (χ3n) is 3.49. The van der Waals surface area contributed by atoms with E-state index in [0.717, 1.165) is 23.8 Å². The molecule has 29 heavy (non-hydrogen) atoms. The lowest BCUT2D eigenvalue weighted by Crippen LogP contribution is -2.21. The molecule has 0 unspecified atom stereocenters. The van der Waals surface area contributed by atoms with Crippen LogP contribution in [0.15, 0.2) is 49.1 Å². The quantitative estimate of drug-likeness (QED) is 0.648. The summed E-state index contributed by atoms with van der Waals surface area (Å²) in [7, 11) is 0. The molecule has 1 aromatic carbocycles. The molecule has 0 saturated carbocycles. The van der Waals surface area contributed by atoms with Gasteiger partial charge in [-0.2, -0.15) is 18.2 Å². The van der Waals surface area contributed by atoms with Crippen molar-refractivity contribution in [2.24, 2.45) is 0 Å². The number of rotatable bonds is 6. The van der Waals surface area contributed by atoms with Crippen LogP contribution in [0.5, 0.6) is 5.88 Å². The van der Waals surface area contributed by atoms with E-state index in [4.69, 9.17) is 0 Å². The lowest BCUT2D eigenvalue weighted by molar-refractivity contribution is -0.153. The number of nitrogens with zero attached hydrogens (tertiary/aromatic N) is 4. The van der Waals surface area contributed by atoms with Crippen molar-refractivity contribution in [1.82, 2.24) is 19.9 Å². The molecule has 8 nitrogen and oxygen atoms in total. The van der Waals surface area contributed by atoms with E-state index in [1.165, 1.54) is 12.3 Å². The van der Waals surface area contributed by atoms with Gasteiger partial charge in [-0.3, -0.25) is 4.79 Å². The van der Waals surface area contributed by atoms with Gasteiger partial charge in [-0.05, 0) is 25.1 Å². The zero-order chi connectivity index (χ0) is 20.9. The molecule has 150 valence electrons. The average molecular weight is 404 g/mol. The van der Waals surface area contributed by atoms with Crippen molar-refractivity contribution >= 4 is 23.2 Å². The van der Waals surface area contributed by atoms with Crippen LogP contribution in [0.25, 0.3) is 0 Å². The molecule has 0 radical (unpaired) electrons. The van der Waals surface area contributed by atoms with Crippen LogP contribution in [-0.4, -0.2) is 38.6 Å². The van der Waals surface area contributed by atoms with Gasteiger partial charge in [0.1, 0.15) is 17.7 Å². The van der Waals surface area contributed by atoms with Gasteiger partial charge in [0.15, 0.2) is 6.61 Å². The standard InChI is InChI=1S/C18H15F3N6O2/c1-11-2-4-12(5-3-11)25-17-23-7-6-13(27-17)15(28)26-14-8-22-10-24-16(14)29-9-18(19,20)21/h2-8,10H,9H2,1H3,(H,26,28)(H,23,25,27). The van der Waals surface area contributed by atoms with Crippen molar-refractivity contribution in [3.05, 3.63) is 60.3 Å². The number of nitrogens with one attached hydrogen (secondary N) is 2. The summed E-state index contributed by atoms with van der Waals surface area (Å²) in [5.41, 5.74) is 1.68. The number of alkyl halides is 3. The summed E-state index contributed by atoms with van der Waals surface area (Å²) in [6, 6.07) is 8.82. The summed E-state index contributed by atoms with van der Waals surface area (Å²) in [4.78, 5) is 27.9. The molecule has 0 saturated heterocycles. The Morgan fingerprint density at radius 3 is 2.62 bits per heavy atom. The maximum absolute atomic E-state index is 12.5. The number of carbonyl (C=O) groups excluding carboxylic acids is 1. The van der Waals surface area contributed by atoms with Gasteiger partial charge in [0.25, 0.3) is 5.91 Å². The zero-order valence-electron chi connectivity index (χ0n) is 15.1. The summed E-state index contributed by atoms with van der Waals surface area (Å²) in [5.74, 6) is -0.914. The van der Waals surface area contributed by atoms with Gasteiger partial charge in [-0.15, -0.1) is 0 Å². The van der Waals surface area contributed by atoms with Crippen LogP contribution >= 0.6 is 0 Å². The number of carbonyl (C=O) groups is 1. The zero-order valence-corrected chi connectivity index (χ0v) is 15.1. The second-order valence-electron chi connectivity index (χ2n) is 5.86. The third kappa shape index (κ3) is 5.86.